The molecule has 1 aromatic rings. The van der Waals surface area contributed by atoms with Crippen molar-refractivity contribution in [3.05, 3.63) is 28.2 Å². The molecule has 1 saturated heterocycles. The van der Waals surface area contributed by atoms with Gasteiger partial charge in [-0.3, -0.25) is 4.79 Å². The summed E-state index contributed by atoms with van der Waals surface area (Å²) in [5, 5.41) is 6.44. The van der Waals surface area contributed by atoms with Gasteiger partial charge in [-0.15, -0.1) is 12.4 Å². The van der Waals surface area contributed by atoms with E-state index in [9.17, 15) is 4.79 Å². The van der Waals surface area contributed by atoms with Gasteiger partial charge < -0.3 is 15.4 Å². The van der Waals surface area contributed by atoms with E-state index in [1.807, 2.05) is 25.1 Å². The number of amides is 1. The Morgan fingerprint density at radius 3 is 2.95 bits per heavy atom. The van der Waals surface area contributed by atoms with Crippen LogP contribution in [-0.2, 0) is 4.79 Å². The first-order chi connectivity index (χ1) is 10.1. The van der Waals surface area contributed by atoms with Gasteiger partial charge in [0.15, 0.2) is 0 Å². The normalized spacial score (nSPS) is 20.9. The first-order valence-corrected chi connectivity index (χ1v) is 8.24. The molecule has 22 heavy (non-hydrogen) atoms. The third kappa shape index (κ3) is 5.78. The van der Waals surface area contributed by atoms with Crippen molar-refractivity contribution in [2.45, 2.75) is 32.7 Å². The van der Waals surface area contributed by atoms with Crippen molar-refractivity contribution in [2.24, 2.45) is 5.92 Å². The highest BCUT2D eigenvalue weighted by Crippen LogP contribution is 2.25. The molecule has 0 spiro atoms. The van der Waals surface area contributed by atoms with E-state index in [1.54, 1.807) is 0 Å². The van der Waals surface area contributed by atoms with Crippen molar-refractivity contribution in [2.75, 3.05) is 19.7 Å². The topological polar surface area (TPSA) is 50.4 Å². The molecule has 1 aliphatic rings. The molecule has 0 aromatic heterocycles. The molecule has 4 nitrogen and oxygen atoms in total. The zero-order valence-corrected chi connectivity index (χ0v) is 15.4. The first-order valence-electron chi connectivity index (χ1n) is 7.45. The number of aryl methyl sites for hydroxylation is 1. The van der Waals surface area contributed by atoms with Gasteiger partial charge in [-0.25, -0.2) is 0 Å². The van der Waals surface area contributed by atoms with Crippen molar-refractivity contribution in [1.29, 1.82) is 0 Å². The molecular formula is C16H24BrClN2O2. The lowest BCUT2D eigenvalue weighted by molar-refractivity contribution is -0.122. The standard InChI is InChI=1S/C16H23BrN2O2.ClH/c1-11-3-4-15(13(17)9-11)21-8-6-16(20)19-14-5-7-18-10-12(14)2;/h3-4,9,12,14,18H,5-8,10H2,1-2H3,(H,19,20);1H. The predicted molar refractivity (Wildman–Crippen MR) is 94.8 cm³/mol. The van der Waals surface area contributed by atoms with Gasteiger partial charge in [-0.05, 0) is 66.0 Å². The van der Waals surface area contributed by atoms with Crippen LogP contribution in [0.15, 0.2) is 22.7 Å². The Kier molecular flexibility index (Phi) is 8.21. The Balaban J connectivity index is 0.00000242. The molecule has 6 heteroatoms. The molecule has 1 amide bonds. The Labute approximate surface area is 146 Å². The van der Waals surface area contributed by atoms with Crippen LogP contribution in [0.3, 0.4) is 0 Å². The van der Waals surface area contributed by atoms with Gasteiger partial charge in [0.1, 0.15) is 5.75 Å². The first kappa shape index (κ1) is 19.3. The van der Waals surface area contributed by atoms with Crippen LogP contribution in [-0.4, -0.2) is 31.6 Å². The smallest absolute Gasteiger partial charge is 0.223 e. The minimum absolute atomic E-state index is 0. The molecule has 1 heterocycles. The Morgan fingerprint density at radius 1 is 1.50 bits per heavy atom. The molecule has 1 aromatic carbocycles. The quantitative estimate of drug-likeness (QED) is 0.811. The van der Waals surface area contributed by atoms with Crippen molar-refractivity contribution in [3.63, 3.8) is 0 Å². The van der Waals surface area contributed by atoms with E-state index in [-0.39, 0.29) is 24.4 Å². The molecule has 2 unspecified atom stereocenters. The fraction of sp³-hybridized carbons (Fsp3) is 0.562. The maximum atomic E-state index is 12.0. The van der Waals surface area contributed by atoms with Gasteiger partial charge in [0.05, 0.1) is 17.5 Å². The molecule has 1 aliphatic heterocycles. The highest BCUT2D eigenvalue weighted by Gasteiger charge is 2.22. The van der Waals surface area contributed by atoms with Crippen molar-refractivity contribution < 1.29 is 9.53 Å². The molecule has 2 N–H and O–H groups in total. The van der Waals surface area contributed by atoms with Gasteiger partial charge in [-0.1, -0.05) is 13.0 Å². The summed E-state index contributed by atoms with van der Waals surface area (Å²) in [7, 11) is 0. The molecular weight excluding hydrogens is 368 g/mol. The monoisotopic (exact) mass is 390 g/mol. The van der Waals surface area contributed by atoms with Crippen LogP contribution in [0.4, 0.5) is 0 Å². The summed E-state index contributed by atoms with van der Waals surface area (Å²) < 4.78 is 6.58. The minimum Gasteiger partial charge on any atom is -0.492 e. The number of ether oxygens (including phenoxy) is 1. The molecule has 124 valence electrons. The third-order valence-corrected chi connectivity index (χ3v) is 4.43. The highest BCUT2D eigenvalue weighted by molar-refractivity contribution is 9.10. The number of nitrogens with one attached hydrogen (secondary N) is 2. The fourth-order valence-electron chi connectivity index (χ4n) is 2.48. The summed E-state index contributed by atoms with van der Waals surface area (Å²) in [5.74, 6) is 1.33. The van der Waals surface area contributed by atoms with E-state index in [2.05, 4.69) is 33.5 Å². The van der Waals surface area contributed by atoms with Crippen LogP contribution in [0.25, 0.3) is 0 Å². The van der Waals surface area contributed by atoms with E-state index in [0.717, 1.165) is 29.7 Å². The number of halogens is 2. The second-order valence-corrected chi connectivity index (χ2v) is 6.53. The number of benzene rings is 1. The molecule has 0 saturated carbocycles. The summed E-state index contributed by atoms with van der Waals surface area (Å²) in [6.45, 7) is 6.53. The predicted octanol–water partition coefficient (Wildman–Crippen LogP) is 3.06. The summed E-state index contributed by atoms with van der Waals surface area (Å²) >= 11 is 3.47. The van der Waals surface area contributed by atoms with Crippen molar-refractivity contribution >= 4 is 34.2 Å². The van der Waals surface area contributed by atoms with Gasteiger partial charge in [0.25, 0.3) is 0 Å². The lowest BCUT2D eigenvalue weighted by atomic mass is 9.95. The average molecular weight is 392 g/mol. The summed E-state index contributed by atoms with van der Waals surface area (Å²) in [5.41, 5.74) is 1.17. The minimum atomic E-state index is 0. The molecule has 0 aliphatic carbocycles. The number of piperidine rings is 1. The number of rotatable bonds is 5. The van der Waals surface area contributed by atoms with Crippen LogP contribution < -0.4 is 15.4 Å². The summed E-state index contributed by atoms with van der Waals surface area (Å²) in [4.78, 5) is 12.0. The van der Waals surface area contributed by atoms with Crippen LogP contribution >= 0.6 is 28.3 Å². The lowest BCUT2D eigenvalue weighted by Gasteiger charge is -2.30. The molecule has 2 rings (SSSR count). The Hall–Kier alpha value is -0.780. The number of hydrogen-bond acceptors (Lipinski definition) is 3. The summed E-state index contributed by atoms with van der Waals surface area (Å²) in [6.07, 6.45) is 1.38. The van der Waals surface area contributed by atoms with E-state index in [4.69, 9.17) is 4.74 Å². The second-order valence-electron chi connectivity index (χ2n) is 5.68. The van der Waals surface area contributed by atoms with Gasteiger partial charge in [0.2, 0.25) is 5.91 Å². The summed E-state index contributed by atoms with van der Waals surface area (Å²) in [6, 6.07) is 6.21. The lowest BCUT2D eigenvalue weighted by Crippen LogP contribution is -2.48. The van der Waals surface area contributed by atoms with Crippen LogP contribution in [0.1, 0.15) is 25.3 Å². The van der Waals surface area contributed by atoms with Gasteiger partial charge >= 0.3 is 0 Å². The maximum Gasteiger partial charge on any atom is 0.223 e. The van der Waals surface area contributed by atoms with Crippen molar-refractivity contribution in [3.8, 4) is 5.75 Å². The second kappa shape index (κ2) is 9.38. The van der Waals surface area contributed by atoms with E-state index in [0.29, 0.717) is 18.9 Å². The van der Waals surface area contributed by atoms with Crippen LogP contribution in [0.5, 0.6) is 5.75 Å². The van der Waals surface area contributed by atoms with E-state index in [1.165, 1.54) is 5.56 Å². The van der Waals surface area contributed by atoms with E-state index >= 15 is 0 Å². The number of carbonyl (C=O) groups excluding carboxylic acids is 1. The zero-order valence-electron chi connectivity index (χ0n) is 13.0. The van der Waals surface area contributed by atoms with Crippen LogP contribution in [0.2, 0.25) is 0 Å². The Morgan fingerprint density at radius 2 is 2.27 bits per heavy atom. The molecule has 2 atom stereocenters. The van der Waals surface area contributed by atoms with Gasteiger partial charge in [-0.2, -0.15) is 0 Å². The maximum absolute atomic E-state index is 12.0. The highest BCUT2D eigenvalue weighted by atomic mass is 79.9. The van der Waals surface area contributed by atoms with E-state index < -0.39 is 0 Å². The van der Waals surface area contributed by atoms with Gasteiger partial charge in [0, 0.05) is 6.04 Å². The Bertz CT molecular complexity index is 499. The molecule has 0 radical (unpaired) electrons. The van der Waals surface area contributed by atoms with Crippen LogP contribution in [0, 0.1) is 12.8 Å². The average Bonchev–Trinajstić information content (AvgIpc) is 2.44. The number of carbonyl (C=O) groups is 1. The largest absolute Gasteiger partial charge is 0.492 e. The SMILES string of the molecule is Cc1ccc(OCCC(=O)NC2CCNCC2C)c(Br)c1.Cl. The molecule has 0 bridgehead atoms. The zero-order chi connectivity index (χ0) is 15.2. The number of hydrogen-bond donors (Lipinski definition) is 2. The third-order valence-electron chi connectivity index (χ3n) is 3.81. The molecule has 1 fully saturated rings. The van der Waals surface area contributed by atoms with Crippen molar-refractivity contribution in [1.82, 2.24) is 10.6 Å². The fourth-order valence-corrected chi connectivity index (χ4v) is 3.09.